The number of carbonyl (C=O) groups is 2. The maximum Gasteiger partial charge on any atom is 0.239 e. The molecule has 0 saturated carbocycles. The number of hydrogen-bond acceptors (Lipinski definition) is 4. The van der Waals surface area contributed by atoms with E-state index in [2.05, 4.69) is 12.2 Å². The van der Waals surface area contributed by atoms with E-state index < -0.39 is 0 Å². The zero-order chi connectivity index (χ0) is 17.9. The van der Waals surface area contributed by atoms with Gasteiger partial charge in [0.15, 0.2) is 11.5 Å². The number of methoxy groups -OCH3 is 2. The fourth-order valence-corrected chi connectivity index (χ4v) is 2.31. The van der Waals surface area contributed by atoms with Crippen LogP contribution < -0.4 is 14.8 Å². The first-order valence-corrected chi connectivity index (χ1v) is 8.24. The van der Waals surface area contributed by atoms with Gasteiger partial charge < -0.3 is 19.7 Å². The summed E-state index contributed by atoms with van der Waals surface area (Å²) >= 11 is 0. The largest absolute Gasteiger partial charge is 0.493 e. The summed E-state index contributed by atoms with van der Waals surface area (Å²) in [4.78, 5) is 25.3. The lowest BCUT2D eigenvalue weighted by Gasteiger charge is -2.21. The summed E-state index contributed by atoms with van der Waals surface area (Å²) < 4.78 is 10.5. The lowest BCUT2D eigenvalue weighted by atomic mass is 10.2. The normalized spacial score (nSPS) is 10.2. The summed E-state index contributed by atoms with van der Waals surface area (Å²) in [5, 5.41) is 2.85. The molecule has 24 heavy (non-hydrogen) atoms. The Balaban J connectivity index is 2.66. The van der Waals surface area contributed by atoms with Gasteiger partial charge >= 0.3 is 0 Å². The van der Waals surface area contributed by atoms with Crippen LogP contribution in [-0.4, -0.2) is 44.0 Å². The molecule has 1 aromatic carbocycles. The molecule has 0 atom stereocenters. The quantitative estimate of drug-likeness (QED) is 0.666. The Kier molecular flexibility index (Phi) is 8.68. The molecule has 0 aliphatic heterocycles. The van der Waals surface area contributed by atoms with Crippen LogP contribution in [0.2, 0.25) is 0 Å². The molecule has 0 aliphatic carbocycles. The van der Waals surface area contributed by atoms with Crippen LogP contribution in [0, 0.1) is 0 Å². The third kappa shape index (κ3) is 6.48. The highest BCUT2D eigenvalue weighted by atomic mass is 16.5. The standard InChI is InChI=1S/C18H28N2O4/c1-5-6-7-10-19-18(22)13-20(14(2)21)12-15-8-9-16(23-3)17(11-15)24-4/h8-9,11H,5-7,10,12-13H2,1-4H3,(H,19,22). The van der Waals surface area contributed by atoms with Crippen molar-refractivity contribution in [3.63, 3.8) is 0 Å². The molecule has 2 amide bonds. The van der Waals surface area contributed by atoms with Crippen LogP contribution >= 0.6 is 0 Å². The second-order valence-electron chi connectivity index (χ2n) is 5.62. The van der Waals surface area contributed by atoms with Crippen molar-refractivity contribution in [1.82, 2.24) is 10.2 Å². The fraction of sp³-hybridized carbons (Fsp3) is 0.556. The Morgan fingerprint density at radius 1 is 1.12 bits per heavy atom. The minimum absolute atomic E-state index is 0.0514. The molecular weight excluding hydrogens is 308 g/mol. The van der Waals surface area contributed by atoms with Gasteiger partial charge in [-0.25, -0.2) is 0 Å². The Morgan fingerprint density at radius 2 is 1.83 bits per heavy atom. The van der Waals surface area contributed by atoms with Crippen LogP contribution in [0.5, 0.6) is 11.5 Å². The molecular formula is C18H28N2O4. The van der Waals surface area contributed by atoms with Gasteiger partial charge in [-0.05, 0) is 24.1 Å². The summed E-state index contributed by atoms with van der Waals surface area (Å²) in [6.45, 7) is 4.62. The van der Waals surface area contributed by atoms with Gasteiger partial charge in [0.25, 0.3) is 0 Å². The van der Waals surface area contributed by atoms with E-state index in [4.69, 9.17) is 9.47 Å². The maximum atomic E-state index is 12.0. The number of carbonyl (C=O) groups excluding carboxylic acids is 2. The smallest absolute Gasteiger partial charge is 0.239 e. The van der Waals surface area contributed by atoms with Crippen LogP contribution in [0.1, 0.15) is 38.7 Å². The Morgan fingerprint density at radius 3 is 2.42 bits per heavy atom. The molecule has 134 valence electrons. The lowest BCUT2D eigenvalue weighted by Crippen LogP contribution is -2.39. The van der Waals surface area contributed by atoms with E-state index in [1.807, 2.05) is 12.1 Å². The van der Waals surface area contributed by atoms with Crippen LogP contribution in [-0.2, 0) is 16.1 Å². The highest BCUT2D eigenvalue weighted by Crippen LogP contribution is 2.28. The van der Waals surface area contributed by atoms with Gasteiger partial charge in [0.1, 0.15) is 0 Å². The minimum Gasteiger partial charge on any atom is -0.493 e. The third-order valence-electron chi connectivity index (χ3n) is 3.70. The molecule has 6 nitrogen and oxygen atoms in total. The highest BCUT2D eigenvalue weighted by Gasteiger charge is 2.15. The lowest BCUT2D eigenvalue weighted by molar-refractivity contribution is -0.134. The first kappa shape index (κ1) is 19.8. The van der Waals surface area contributed by atoms with Crippen LogP contribution in [0.3, 0.4) is 0 Å². The summed E-state index contributed by atoms with van der Waals surface area (Å²) in [6, 6.07) is 5.46. The first-order valence-electron chi connectivity index (χ1n) is 8.24. The zero-order valence-electron chi connectivity index (χ0n) is 15.1. The van der Waals surface area contributed by atoms with Crippen LogP contribution in [0.4, 0.5) is 0 Å². The molecule has 0 aromatic heterocycles. The second-order valence-corrected chi connectivity index (χ2v) is 5.62. The molecule has 0 spiro atoms. The van der Waals surface area contributed by atoms with Gasteiger partial charge in [0.05, 0.1) is 20.8 Å². The molecule has 0 heterocycles. The highest BCUT2D eigenvalue weighted by molar-refractivity contribution is 5.83. The van der Waals surface area contributed by atoms with E-state index in [-0.39, 0.29) is 18.4 Å². The minimum atomic E-state index is -0.145. The fourth-order valence-electron chi connectivity index (χ4n) is 2.31. The van der Waals surface area contributed by atoms with E-state index in [0.717, 1.165) is 24.8 Å². The molecule has 0 radical (unpaired) electrons. The molecule has 6 heteroatoms. The Labute approximate surface area is 144 Å². The Bertz CT molecular complexity index is 546. The molecule has 1 N–H and O–H groups in total. The van der Waals surface area contributed by atoms with Crippen molar-refractivity contribution in [2.75, 3.05) is 27.3 Å². The van der Waals surface area contributed by atoms with Crippen molar-refractivity contribution in [3.05, 3.63) is 23.8 Å². The van der Waals surface area contributed by atoms with Gasteiger partial charge in [-0.15, -0.1) is 0 Å². The molecule has 0 aliphatic rings. The first-order chi connectivity index (χ1) is 11.5. The van der Waals surface area contributed by atoms with E-state index in [1.54, 1.807) is 20.3 Å². The summed E-state index contributed by atoms with van der Waals surface area (Å²) in [5.41, 5.74) is 0.877. The van der Waals surface area contributed by atoms with E-state index in [1.165, 1.54) is 11.8 Å². The van der Waals surface area contributed by atoms with Gasteiger partial charge in [-0.1, -0.05) is 25.8 Å². The van der Waals surface area contributed by atoms with Crippen LogP contribution in [0.25, 0.3) is 0 Å². The SMILES string of the molecule is CCCCCNC(=O)CN(Cc1ccc(OC)c(OC)c1)C(C)=O. The van der Waals surface area contributed by atoms with Gasteiger partial charge in [-0.2, -0.15) is 0 Å². The average molecular weight is 336 g/mol. The third-order valence-corrected chi connectivity index (χ3v) is 3.70. The predicted octanol–water partition coefficient (Wildman–Crippen LogP) is 2.36. The van der Waals surface area contributed by atoms with Crippen molar-refractivity contribution >= 4 is 11.8 Å². The van der Waals surface area contributed by atoms with Crippen molar-refractivity contribution in [1.29, 1.82) is 0 Å². The number of unbranched alkanes of at least 4 members (excludes halogenated alkanes) is 2. The monoisotopic (exact) mass is 336 g/mol. The average Bonchev–Trinajstić information content (AvgIpc) is 2.57. The van der Waals surface area contributed by atoms with Crippen molar-refractivity contribution in [2.45, 2.75) is 39.7 Å². The second kappa shape index (κ2) is 10.5. The van der Waals surface area contributed by atoms with Crippen molar-refractivity contribution < 1.29 is 19.1 Å². The molecule has 0 bridgehead atoms. The molecule has 1 aromatic rings. The van der Waals surface area contributed by atoms with Crippen molar-refractivity contribution in [3.8, 4) is 11.5 Å². The van der Waals surface area contributed by atoms with E-state index >= 15 is 0 Å². The topological polar surface area (TPSA) is 67.9 Å². The molecule has 0 saturated heterocycles. The molecule has 0 unspecified atom stereocenters. The maximum absolute atomic E-state index is 12.0. The number of nitrogens with one attached hydrogen (secondary N) is 1. The van der Waals surface area contributed by atoms with Gasteiger partial charge in [-0.3, -0.25) is 9.59 Å². The summed E-state index contributed by atoms with van der Waals surface area (Å²) in [7, 11) is 3.14. The predicted molar refractivity (Wildman–Crippen MR) is 93.2 cm³/mol. The van der Waals surface area contributed by atoms with Crippen LogP contribution in [0.15, 0.2) is 18.2 Å². The number of hydrogen-bond donors (Lipinski definition) is 1. The zero-order valence-corrected chi connectivity index (χ0v) is 15.1. The molecule has 1 rings (SSSR count). The summed E-state index contributed by atoms with van der Waals surface area (Å²) in [5.74, 6) is 0.946. The number of ether oxygens (including phenoxy) is 2. The van der Waals surface area contributed by atoms with E-state index in [9.17, 15) is 9.59 Å². The Hall–Kier alpha value is -2.24. The van der Waals surface area contributed by atoms with Gasteiger partial charge in [0, 0.05) is 20.0 Å². The van der Waals surface area contributed by atoms with E-state index in [0.29, 0.717) is 24.6 Å². The number of rotatable bonds is 10. The number of benzene rings is 1. The van der Waals surface area contributed by atoms with Crippen molar-refractivity contribution in [2.24, 2.45) is 0 Å². The summed E-state index contributed by atoms with van der Waals surface area (Å²) in [6.07, 6.45) is 3.15. The number of amides is 2. The molecule has 0 fully saturated rings. The number of nitrogens with zero attached hydrogens (tertiary/aromatic N) is 1. The van der Waals surface area contributed by atoms with Gasteiger partial charge in [0.2, 0.25) is 11.8 Å².